The van der Waals surface area contributed by atoms with Crippen molar-refractivity contribution < 1.29 is 0 Å². The van der Waals surface area contributed by atoms with Gasteiger partial charge in [-0.15, -0.1) is 0 Å². The first-order valence-electron chi connectivity index (χ1n) is 9.16. The van der Waals surface area contributed by atoms with E-state index in [1.807, 2.05) is 31.2 Å². The average Bonchev–Trinajstić information content (AvgIpc) is 3.07. The number of aromatic amines is 1. The summed E-state index contributed by atoms with van der Waals surface area (Å²) in [6.45, 7) is 4.80. The normalized spacial score (nSPS) is 10.9. The Bertz CT molecular complexity index is 1070. The minimum atomic E-state index is 0.739. The molecule has 0 aliphatic heterocycles. The van der Waals surface area contributed by atoms with E-state index >= 15 is 0 Å². The van der Waals surface area contributed by atoms with Crippen LogP contribution >= 0.6 is 0 Å². The van der Waals surface area contributed by atoms with Gasteiger partial charge in [-0.2, -0.15) is 0 Å². The summed E-state index contributed by atoms with van der Waals surface area (Å²) >= 11 is 0. The molecule has 5 heteroatoms. The number of para-hydroxylation sites is 2. The third kappa shape index (κ3) is 3.92. The van der Waals surface area contributed by atoms with Gasteiger partial charge in [0.1, 0.15) is 17.5 Å². The summed E-state index contributed by atoms with van der Waals surface area (Å²) in [6, 6.07) is 18.5. The fraction of sp³-hybridized carbons (Fsp3) is 0.182. The average molecular weight is 357 g/mol. The highest BCUT2D eigenvalue weighted by molar-refractivity contribution is 5.83. The van der Waals surface area contributed by atoms with Crippen LogP contribution in [0.1, 0.15) is 17.0 Å². The van der Waals surface area contributed by atoms with Gasteiger partial charge in [-0.3, -0.25) is 0 Å². The first-order chi connectivity index (χ1) is 13.2. The number of fused-ring (bicyclic) bond motifs is 1. The maximum absolute atomic E-state index is 4.51. The summed E-state index contributed by atoms with van der Waals surface area (Å²) in [5.41, 5.74) is 4.72. The van der Waals surface area contributed by atoms with E-state index < -0.39 is 0 Å². The molecule has 27 heavy (non-hydrogen) atoms. The largest absolute Gasteiger partial charge is 0.370 e. The Labute approximate surface area is 158 Å². The molecule has 0 unspecified atom stereocenters. The molecule has 4 aromatic rings. The number of aryl methyl sites for hydroxylation is 2. The van der Waals surface area contributed by atoms with Crippen LogP contribution in [0.25, 0.3) is 10.9 Å². The molecule has 5 nitrogen and oxygen atoms in total. The predicted molar refractivity (Wildman–Crippen MR) is 112 cm³/mol. The number of benzene rings is 2. The molecule has 0 saturated carbocycles. The Hall–Kier alpha value is -3.34. The fourth-order valence-corrected chi connectivity index (χ4v) is 3.24. The minimum Gasteiger partial charge on any atom is -0.370 e. The Morgan fingerprint density at radius 1 is 0.926 bits per heavy atom. The molecule has 0 spiro atoms. The third-order valence-corrected chi connectivity index (χ3v) is 4.62. The molecule has 2 heterocycles. The SMILES string of the molecule is Cc1nc(NCCc2c[nH]c3ccccc23)cc(Nc2ccccc2C)n1. The van der Waals surface area contributed by atoms with Gasteiger partial charge in [0.25, 0.3) is 0 Å². The fourth-order valence-electron chi connectivity index (χ4n) is 3.24. The Kier molecular flexibility index (Phi) is 4.75. The second-order valence-corrected chi connectivity index (χ2v) is 6.66. The number of hydrogen-bond acceptors (Lipinski definition) is 4. The van der Waals surface area contributed by atoms with Crippen molar-refractivity contribution in [2.24, 2.45) is 0 Å². The minimum absolute atomic E-state index is 0.739. The van der Waals surface area contributed by atoms with E-state index in [2.05, 4.69) is 69.0 Å². The molecule has 0 saturated heterocycles. The highest BCUT2D eigenvalue weighted by Gasteiger charge is 2.06. The van der Waals surface area contributed by atoms with Crippen molar-refractivity contribution in [3.8, 4) is 0 Å². The molecule has 0 amide bonds. The summed E-state index contributed by atoms with van der Waals surface area (Å²) in [5, 5.41) is 8.09. The number of hydrogen-bond donors (Lipinski definition) is 3. The smallest absolute Gasteiger partial charge is 0.136 e. The maximum Gasteiger partial charge on any atom is 0.136 e. The van der Waals surface area contributed by atoms with Gasteiger partial charge in [0.15, 0.2) is 0 Å². The van der Waals surface area contributed by atoms with Gasteiger partial charge < -0.3 is 15.6 Å². The second-order valence-electron chi connectivity index (χ2n) is 6.66. The van der Waals surface area contributed by atoms with Crippen LogP contribution in [0.4, 0.5) is 17.3 Å². The third-order valence-electron chi connectivity index (χ3n) is 4.62. The molecule has 0 atom stereocenters. The molecule has 0 radical (unpaired) electrons. The molecular weight excluding hydrogens is 334 g/mol. The summed E-state index contributed by atoms with van der Waals surface area (Å²) in [6.07, 6.45) is 3.01. The molecule has 0 aliphatic carbocycles. The predicted octanol–water partition coefficient (Wildman–Crippen LogP) is 4.97. The van der Waals surface area contributed by atoms with E-state index in [9.17, 15) is 0 Å². The van der Waals surface area contributed by atoms with Crippen molar-refractivity contribution in [2.45, 2.75) is 20.3 Å². The lowest BCUT2D eigenvalue weighted by Crippen LogP contribution is -2.08. The zero-order valence-corrected chi connectivity index (χ0v) is 15.6. The van der Waals surface area contributed by atoms with Crippen LogP contribution in [0.5, 0.6) is 0 Å². The standard InChI is InChI=1S/C22H23N5/c1-15-7-3-5-9-19(15)27-22-13-21(25-16(2)26-22)23-12-11-17-14-24-20-10-6-4-8-18(17)20/h3-10,13-14,24H,11-12H2,1-2H3,(H2,23,25,26,27). The molecule has 0 bridgehead atoms. The lowest BCUT2D eigenvalue weighted by atomic mass is 10.1. The van der Waals surface area contributed by atoms with Gasteiger partial charge >= 0.3 is 0 Å². The highest BCUT2D eigenvalue weighted by Crippen LogP contribution is 2.21. The quantitative estimate of drug-likeness (QED) is 0.456. The number of anilines is 3. The molecule has 2 aromatic heterocycles. The van der Waals surface area contributed by atoms with Crippen LogP contribution in [-0.2, 0) is 6.42 Å². The van der Waals surface area contributed by atoms with Gasteiger partial charge in [-0.25, -0.2) is 9.97 Å². The van der Waals surface area contributed by atoms with Crippen molar-refractivity contribution in [1.29, 1.82) is 0 Å². The lowest BCUT2D eigenvalue weighted by molar-refractivity contribution is 0.988. The number of nitrogens with zero attached hydrogens (tertiary/aromatic N) is 2. The Morgan fingerprint density at radius 3 is 2.59 bits per heavy atom. The molecule has 3 N–H and O–H groups in total. The number of rotatable bonds is 6. The molecular formula is C22H23N5. The number of H-pyrrole nitrogens is 1. The van der Waals surface area contributed by atoms with Crippen LogP contribution in [0, 0.1) is 13.8 Å². The lowest BCUT2D eigenvalue weighted by Gasteiger charge is -2.11. The van der Waals surface area contributed by atoms with E-state index in [0.29, 0.717) is 0 Å². The Balaban J connectivity index is 1.44. The van der Waals surface area contributed by atoms with Gasteiger partial charge in [0.2, 0.25) is 0 Å². The molecule has 2 aromatic carbocycles. The summed E-state index contributed by atoms with van der Waals surface area (Å²) in [5.74, 6) is 2.37. The number of nitrogens with one attached hydrogen (secondary N) is 3. The summed E-state index contributed by atoms with van der Waals surface area (Å²) < 4.78 is 0. The van der Waals surface area contributed by atoms with Gasteiger partial charge in [0.05, 0.1) is 0 Å². The maximum atomic E-state index is 4.51. The Morgan fingerprint density at radius 2 is 1.70 bits per heavy atom. The van der Waals surface area contributed by atoms with Gasteiger partial charge in [-0.1, -0.05) is 36.4 Å². The van der Waals surface area contributed by atoms with E-state index in [0.717, 1.165) is 36.1 Å². The van der Waals surface area contributed by atoms with Crippen LogP contribution in [0.3, 0.4) is 0 Å². The van der Waals surface area contributed by atoms with E-state index in [1.165, 1.54) is 22.0 Å². The summed E-state index contributed by atoms with van der Waals surface area (Å²) in [7, 11) is 0. The zero-order chi connectivity index (χ0) is 18.6. The van der Waals surface area contributed by atoms with Crippen molar-refractivity contribution in [3.63, 3.8) is 0 Å². The van der Waals surface area contributed by atoms with Crippen molar-refractivity contribution >= 4 is 28.2 Å². The van der Waals surface area contributed by atoms with Gasteiger partial charge in [0, 0.05) is 35.4 Å². The van der Waals surface area contributed by atoms with Crippen LogP contribution in [0.2, 0.25) is 0 Å². The van der Waals surface area contributed by atoms with E-state index in [1.54, 1.807) is 0 Å². The first kappa shape index (κ1) is 17.1. The summed E-state index contributed by atoms with van der Waals surface area (Å²) in [4.78, 5) is 12.3. The van der Waals surface area contributed by atoms with Crippen molar-refractivity contribution in [1.82, 2.24) is 15.0 Å². The van der Waals surface area contributed by atoms with Crippen LogP contribution in [0.15, 0.2) is 60.8 Å². The van der Waals surface area contributed by atoms with Crippen molar-refractivity contribution in [2.75, 3.05) is 17.2 Å². The zero-order valence-electron chi connectivity index (χ0n) is 15.6. The topological polar surface area (TPSA) is 65.6 Å². The van der Waals surface area contributed by atoms with Gasteiger partial charge in [-0.05, 0) is 43.5 Å². The van der Waals surface area contributed by atoms with E-state index in [4.69, 9.17) is 0 Å². The monoisotopic (exact) mass is 357 g/mol. The first-order valence-corrected chi connectivity index (χ1v) is 9.16. The highest BCUT2D eigenvalue weighted by atomic mass is 15.1. The van der Waals surface area contributed by atoms with Crippen LogP contribution < -0.4 is 10.6 Å². The number of aromatic nitrogens is 3. The van der Waals surface area contributed by atoms with Crippen molar-refractivity contribution in [3.05, 3.63) is 77.7 Å². The molecule has 4 rings (SSSR count). The van der Waals surface area contributed by atoms with E-state index in [-0.39, 0.29) is 0 Å². The molecule has 0 fully saturated rings. The molecule has 136 valence electrons. The van der Waals surface area contributed by atoms with Crippen LogP contribution in [-0.4, -0.2) is 21.5 Å². The second kappa shape index (κ2) is 7.50. The molecule has 0 aliphatic rings.